The van der Waals surface area contributed by atoms with Crippen molar-refractivity contribution in [3.63, 3.8) is 0 Å². The Morgan fingerprint density at radius 3 is 2.94 bits per heavy atom. The number of rotatable bonds is 5. The largest absolute Gasteiger partial charge is 0.338 e. The van der Waals surface area contributed by atoms with E-state index in [0.717, 1.165) is 30.8 Å². The van der Waals surface area contributed by atoms with E-state index >= 15 is 0 Å². The average Bonchev–Trinajstić information content (AvgIpc) is 2.75. The molecule has 18 heavy (non-hydrogen) atoms. The molecule has 0 amide bonds. The Morgan fingerprint density at radius 1 is 1.44 bits per heavy atom. The Labute approximate surface area is 111 Å². The van der Waals surface area contributed by atoms with E-state index in [-0.39, 0.29) is 0 Å². The quantitative estimate of drug-likeness (QED) is 0.869. The van der Waals surface area contributed by atoms with Crippen molar-refractivity contribution in [1.82, 2.24) is 14.9 Å². The van der Waals surface area contributed by atoms with E-state index in [0.29, 0.717) is 0 Å². The fraction of sp³-hybridized carbons (Fsp3) is 0.800. The van der Waals surface area contributed by atoms with Crippen molar-refractivity contribution in [2.45, 2.75) is 52.0 Å². The molecule has 3 nitrogen and oxygen atoms in total. The van der Waals surface area contributed by atoms with Crippen molar-refractivity contribution in [1.29, 1.82) is 0 Å². The molecule has 1 heterocycles. The first-order chi connectivity index (χ1) is 8.70. The zero-order valence-corrected chi connectivity index (χ0v) is 12.0. The molecule has 3 atom stereocenters. The van der Waals surface area contributed by atoms with Gasteiger partial charge in [0.2, 0.25) is 0 Å². The number of hydrogen-bond donors (Lipinski definition) is 1. The highest BCUT2D eigenvalue weighted by atomic mass is 15.0. The summed E-state index contributed by atoms with van der Waals surface area (Å²) in [5.41, 5.74) is 0. The van der Waals surface area contributed by atoms with Gasteiger partial charge < -0.3 is 9.88 Å². The number of nitrogens with zero attached hydrogens (tertiary/aromatic N) is 2. The van der Waals surface area contributed by atoms with Crippen LogP contribution < -0.4 is 5.32 Å². The van der Waals surface area contributed by atoms with E-state index in [1.54, 1.807) is 0 Å². The van der Waals surface area contributed by atoms with Crippen molar-refractivity contribution < 1.29 is 0 Å². The zero-order valence-electron chi connectivity index (χ0n) is 12.0. The maximum Gasteiger partial charge on any atom is 0.108 e. The van der Waals surface area contributed by atoms with Crippen LogP contribution in [0.4, 0.5) is 0 Å². The molecule has 1 aliphatic rings. The third-order valence-electron chi connectivity index (χ3n) is 4.37. The van der Waals surface area contributed by atoms with E-state index in [2.05, 4.69) is 35.8 Å². The maximum absolute atomic E-state index is 4.43. The molecule has 0 aliphatic heterocycles. The van der Waals surface area contributed by atoms with Crippen molar-refractivity contribution in [3.05, 3.63) is 18.2 Å². The summed E-state index contributed by atoms with van der Waals surface area (Å²) in [6.07, 6.45) is 10.4. The number of imidazole rings is 1. The molecular weight excluding hydrogens is 222 g/mol. The Morgan fingerprint density at radius 2 is 2.28 bits per heavy atom. The summed E-state index contributed by atoms with van der Waals surface area (Å²) in [5.74, 6) is 2.94. The van der Waals surface area contributed by atoms with Gasteiger partial charge in [-0.2, -0.15) is 0 Å². The van der Waals surface area contributed by atoms with Gasteiger partial charge in [-0.15, -0.1) is 0 Å². The van der Waals surface area contributed by atoms with Gasteiger partial charge in [0.1, 0.15) is 5.82 Å². The summed E-state index contributed by atoms with van der Waals surface area (Å²) in [6, 6.07) is 0.728. The standard InChI is InChI=1S/C15H27N3/c1-4-16-14-7-5-12(2)11-13(14)6-8-15-17-9-10-18(15)3/h9-10,12-14,16H,4-8,11H2,1-3H3. The Bertz CT molecular complexity index is 358. The summed E-state index contributed by atoms with van der Waals surface area (Å²) in [4.78, 5) is 4.43. The van der Waals surface area contributed by atoms with Crippen LogP contribution in [0.25, 0.3) is 0 Å². The van der Waals surface area contributed by atoms with Gasteiger partial charge in [-0.05, 0) is 44.1 Å². The van der Waals surface area contributed by atoms with Crippen LogP contribution in [0.15, 0.2) is 12.4 Å². The van der Waals surface area contributed by atoms with Gasteiger partial charge in [0.05, 0.1) is 0 Å². The average molecular weight is 249 g/mol. The molecule has 0 bridgehead atoms. The molecule has 3 unspecified atom stereocenters. The summed E-state index contributed by atoms with van der Waals surface area (Å²) in [6.45, 7) is 5.71. The van der Waals surface area contributed by atoms with Crippen molar-refractivity contribution in [2.75, 3.05) is 6.54 Å². The zero-order chi connectivity index (χ0) is 13.0. The van der Waals surface area contributed by atoms with E-state index in [4.69, 9.17) is 0 Å². The van der Waals surface area contributed by atoms with Crippen molar-refractivity contribution >= 4 is 0 Å². The van der Waals surface area contributed by atoms with Gasteiger partial charge in [-0.1, -0.05) is 13.8 Å². The highest BCUT2D eigenvalue weighted by Gasteiger charge is 2.27. The summed E-state index contributed by atoms with van der Waals surface area (Å²) in [7, 11) is 2.09. The minimum absolute atomic E-state index is 0.728. The lowest BCUT2D eigenvalue weighted by Gasteiger charge is -2.35. The lowest BCUT2D eigenvalue weighted by atomic mass is 9.76. The molecule has 1 aromatic heterocycles. The van der Waals surface area contributed by atoms with Gasteiger partial charge in [-0.25, -0.2) is 4.98 Å². The number of aryl methyl sites for hydroxylation is 2. The van der Waals surface area contributed by atoms with Crippen LogP contribution >= 0.6 is 0 Å². The second kappa shape index (κ2) is 6.37. The monoisotopic (exact) mass is 249 g/mol. The molecule has 1 aromatic rings. The molecule has 2 rings (SSSR count). The maximum atomic E-state index is 4.43. The summed E-state index contributed by atoms with van der Waals surface area (Å²) >= 11 is 0. The summed E-state index contributed by atoms with van der Waals surface area (Å²) < 4.78 is 2.15. The first-order valence-corrected chi connectivity index (χ1v) is 7.40. The lowest BCUT2D eigenvalue weighted by Crippen LogP contribution is -2.40. The number of nitrogens with one attached hydrogen (secondary N) is 1. The first kappa shape index (κ1) is 13.6. The third-order valence-corrected chi connectivity index (χ3v) is 4.37. The molecular formula is C15H27N3. The van der Waals surface area contributed by atoms with Crippen LogP contribution in [0.1, 0.15) is 45.4 Å². The van der Waals surface area contributed by atoms with Gasteiger partial charge in [-0.3, -0.25) is 0 Å². The molecule has 0 aromatic carbocycles. The van der Waals surface area contributed by atoms with Crippen LogP contribution in [0, 0.1) is 11.8 Å². The minimum atomic E-state index is 0.728. The molecule has 0 spiro atoms. The van der Waals surface area contributed by atoms with Crippen LogP contribution in [-0.4, -0.2) is 22.1 Å². The van der Waals surface area contributed by atoms with Gasteiger partial charge in [0.25, 0.3) is 0 Å². The van der Waals surface area contributed by atoms with Gasteiger partial charge in [0.15, 0.2) is 0 Å². The highest BCUT2D eigenvalue weighted by Crippen LogP contribution is 2.31. The molecule has 3 heteroatoms. The smallest absolute Gasteiger partial charge is 0.108 e. The Hall–Kier alpha value is -0.830. The minimum Gasteiger partial charge on any atom is -0.338 e. The van der Waals surface area contributed by atoms with Crippen LogP contribution in [0.3, 0.4) is 0 Å². The van der Waals surface area contributed by atoms with Crippen LogP contribution in [0.2, 0.25) is 0 Å². The predicted molar refractivity (Wildman–Crippen MR) is 75.5 cm³/mol. The van der Waals surface area contributed by atoms with Crippen LogP contribution in [-0.2, 0) is 13.5 Å². The van der Waals surface area contributed by atoms with Gasteiger partial charge in [0, 0.05) is 31.9 Å². The predicted octanol–water partition coefficient (Wildman–Crippen LogP) is 2.77. The van der Waals surface area contributed by atoms with E-state index in [1.807, 2.05) is 12.4 Å². The fourth-order valence-corrected chi connectivity index (χ4v) is 3.30. The van der Waals surface area contributed by atoms with E-state index in [9.17, 15) is 0 Å². The van der Waals surface area contributed by atoms with E-state index in [1.165, 1.54) is 31.5 Å². The first-order valence-electron chi connectivity index (χ1n) is 7.40. The van der Waals surface area contributed by atoms with Crippen molar-refractivity contribution in [2.24, 2.45) is 18.9 Å². The molecule has 1 fully saturated rings. The third kappa shape index (κ3) is 3.35. The molecule has 102 valence electrons. The van der Waals surface area contributed by atoms with Gasteiger partial charge >= 0.3 is 0 Å². The Kier molecular flexibility index (Phi) is 4.81. The SMILES string of the molecule is CCNC1CCC(C)CC1CCc1nccn1C. The summed E-state index contributed by atoms with van der Waals surface area (Å²) in [5, 5.41) is 3.67. The molecule has 1 aliphatic carbocycles. The molecule has 0 radical (unpaired) electrons. The topological polar surface area (TPSA) is 29.9 Å². The lowest BCUT2D eigenvalue weighted by molar-refractivity contribution is 0.204. The molecule has 1 saturated carbocycles. The second-order valence-electron chi connectivity index (χ2n) is 5.84. The van der Waals surface area contributed by atoms with Crippen molar-refractivity contribution in [3.8, 4) is 0 Å². The molecule has 1 N–H and O–H groups in total. The number of aromatic nitrogens is 2. The fourth-order valence-electron chi connectivity index (χ4n) is 3.30. The van der Waals surface area contributed by atoms with Crippen LogP contribution in [0.5, 0.6) is 0 Å². The normalized spacial score (nSPS) is 28.5. The Balaban J connectivity index is 1.90. The van der Waals surface area contributed by atoms with E-state index < -0.39 is 0 Å². The second-order valence-corrected chi connectivity index (χ2v) is 5.84. The number of hydrogen-bond acceptors (Lipinski definition) is 2. The molecule has 0 saturated heterocycles. The highest BCUT2D eigenvalue weighted by molar-refractivity contribution is 4.93.